The Bertz CT molecular complexity index is 704. The number of urea groups is 1. The number of nitrogens with one attached hydrogen (secondary N) is 1. The molecule has 1 N–H and O–H groups in total. The summed E-state index contributed by atoms with van der Waals surface area (Å²) in [6.07, 6.45) is 4.41. The number of sulfonamides is 1. The van der Waals surface area contributed by atoms with Gasteiger partial charge in [-0.25, -0.2) is 13.2 Å². The van der Waals surface area contributed by atoms with Crippen molar-refractivity contribution in [2.24, 2.45) is 0 Å². The zero-order chi connectivity index (χ0) is 18.6. The Morgan fingerprint density at radius 3 is 2.04 bits per heavy atom. The molecule has 2 fully saturated rings. The van der Waals surface area contributed by atoms with Crippen LogP contribution in [0.3, 0.4) is 0 Å². The van der Waals surface area contributed by atoms with Gasteiger partial charge in [-0.1, -0.05) is 12.8 Å². The second-order valence-corrected chi connectivity index (χ2v) is 9.00. The van der Waals surface area contributed by atoms with Crippen LogP contribution < -0.4 is 5.32 Å². The van der Waals surface area contributed by atoms with E-state index in [4.69, 9.17) is 0 Å². The van der Waals surface area contributed by atoms with Crippen LogP contribution in [0.5, 0.6) is 0 Å². The molecule has 0 aromatic heterocycles. The number of benzene rings is 1. The first kappa shape index (κ1) is 19.1. The molecule has 2 aliphatic rings. The smallest absolute Gasteiger partial charge is 0.321 e. The maximum Gasteiger partial charge on any atom is 0.321 e. The average Bonchev–Trinajstić information content (AvgIpc) is 2.92. The van der Waals surface area contributed by atoms with Crippen LogP contribution in [0.4, 0.5) is 10.5 Å². The molecule has 1 aromatic carbocycles. The Morgan fingerprint density at radius 1 is 0.885 bits per heavy atom. The third-order valence-corrected chi connectivity index (χ3v) is 7.01. The lowest BCUT2D eigenvalue weighted by molar-refractivity contribution is 0.214. The maximum absolute atomic E-state index is 12.7. The lowest BCUT2D eigenvalue weighted by atomic mass is 10.2. The average molecular weight is 381 g/mol. The van der Waals surface area contributed by atoms with E-state index in [1.165, 1.54) is 17.1 Å². The summed E-state index contributed by atoms with van der Waals surface area (Å²) in [5.41, 5.74) is 0.622. The number of likely N-dealkylation sites (N-methyl/N-ethyl adjacent to an activating group) is 1. The van der Waals surface area contributed by atoms with Crippen molar-refractivity contribution in [2.45, 2.75) is 30.6 Å². The fourth-order valence-electron chi connectivity index (χ4n) is 3.36. The number of amides is 2. The van der Waals surface area contributed by atoms with Gasteiger partial charge in [-0.2, -0.15) is 4.31 Å². The van der Waals surface area contributed by atoms with Gasteiger partial charge in [-0.05, 0) is 44.2 Å². The molecule has 8 heteroatoms. The number of nitrogens with zero attached hydrogens (tertiary/aromatic N) is 3. The van der Waals surface area contributed by atoms with Crippen LogP contribution in [0.15, 0.2) is 29.2 Å². The Balaban J connectivity index is 1.63. The molecule has 7 nitrogen and oxygen atoms in total. The van der Waals surface area contributed by atoms with Crippen molar-refractivity contribution < 1.29 is 13.2 Å². The topological polar surface area (TPSA) is 73.0 Å². The lowest BCUT2D eigenvalue weighted by Crippen LogP contribution is -2.46. The lowest BCUT2D eigenvalue weighted by Gasteiger charge is -2.31. The standard InChI is InChI=1S/C18H28N4O3S/c1-20-12-14-22(15-13-20)26(24,25)17-8-6-16(7-9-17)19-18(23)21-10-4-2-3-5-11-21/h6-9H,2-5,10-15H2,1H3,(H,19,23). The highest BCUT2D eigenvalue weighted by Crippen LogP contribution is 2.20. The van der Waals surface area contributed by atoms with Crippen LogP contribution in [0.1, 0.15) is 25.7 Å². The highest BCUT2D eigenvalue weighted by Gasteiger charge is 2.27. The Kier molecular flexibility index (Phi) is 6.16. The Hall–Kier alpha value is -1.64. The molecule has 144 valence electrons. The molecular formula is C18H28N4O3S. The zero-order valence-corrected chi connectivity index (χ0v) is 16.2. The number of piperazine rings is 1. The van der Waals surface area contributed by atoms with Crippen molar-refractivity contribution in [2.75, 3.05) is 51.6 Å². The van der Waals surface area contributed by atoms with Crippen LogP contribution >= 0.6 is 0 Å². The number of carbonyl (C=O) groups excluding carboxylic acids is 1. The second kappa shape index (κ2) is 8.37. The van der Waals surface area contributed by atoms with Crippen LogP contribution in [0.2, 0.25) is 0 Å². The van der Waals surface area contributed by atoms with Gasteiger partial charge >= 0.3 is 6.03 Å². The molecule has 2 aliphatic heterocycles. The van der Waals surface area contributed by atoms with Crippen LogP contribution in [-0.4, -0.2) is 74.9 Å². The van der Waals surface area contributed by atoms with E-state index in [2.05, 4.69) is 10.2 Å². The molecule has 26 heavy (non-hydrogen) atoms. The molecular weight excluding hydrogens is 352 g/mol. The molecule has 2 heterocycles. The van der Waals surface area contributed by atoms with E-state index in [-0.39, 0.29) is 10.9 Å². The Labute approximate surface area is 156 Å². The van der Waals surface area contributed by atoms with Gasteiger partial charge < -0.3 is 15.1 Å². The van der Waals surface area contributed by atoms with Gasteiger partial charge in [0, 0.05) is 45.0 Å². The number of rotatable bonds is 3. The fraction of sp³-hybridized carbons (Fsp3) is 0.611. The predicted octanol–water partition coefficient (Wildman–Crippen LogP) is 2.03. The van der Waals surface area contributed by atoms with E-state index < -0.39 is 10.0 Å². The fourth-order valence-corrected chi connectivity index (χ4v) is 4.79. The number of hydrogen-bond acceptors (Lipinski definition) is 4. The summed E-state index contributed by atoms with van der Waals surface area (Å²) in [6.45, 7) is 4.05. The zero-order valence-electron chi connectivity index (χ0n) is 15.4. The molecule has 0 unspecified atom stereocenters. The third-order valence-electron chi connectivity index (χ3n) is 5.10. The van der Waals surface area contributed by atoms with Gasteiger partial charge in [0.15, 0.2) is 0 Å². The quantitative estimate of drug-likeness (QED) is 0.871. The highest BCUT2D eigenvalue weighted by atomic mass is 32.2. The van der Waals surface area contributed by atoms with Gasteiger partial charge in [0.05, 0.1) is 4.90 Å². The van der Waals surface area contributed by atoms with Crippen molar-refractivity contribution in [3.63, 3.8) is 0 Å². The number of carbonyl (C=O) groups is 1. The molecule has 0 atom stereocenters. The van der Waals surface area contributed by atoms with Crippen molar-refractivity contribution in [3.05, 3.63) is 24.3 Å². The van der Waals surface area contributed by atoms with Crippen LogP contribution in [0, 0.1) is 0 Å². The largest absolute Gasteiger partial charge is 0.325 e. The minimum Gasteiger partial charge on any atom is -0.325 e. The normalized spacial score (nSPS) is 20.6. The molecule has 0 saturated carbocycles. The van der Waals surface area contributed by atoms with E-state index in [9.17, 15) is 13.2 Å². The summed E-state index contributed by atoms with van der Waals surface area (Å²) >= 11 is 0. The minimum atomic E-state index is -3.47. The van der Waals surface area contributed by atoms with Crippen LogP contribution in [-0.2, 0) is 10.0 Å². The number of hydrogen-bond donors (Lipinski definition) is 1. The van der Waals surface area contributed by atoms with Crippen LogP contribution in [0.25, 0.3) is 0 Å². The summed E-state index contributed by atoms with van der Waals surface area (Å²) in [5.74, 6) is 0. The van der Waals surface area contributed by atoms with Gasteiger partial charge in [0.1, 0.15) is 0 Å². The first-order valence-electron chi connectivity index (χ1n) is 9.31. The summed E-state index contributed by atoms with van der Waals surface area (Å²) < 4.78 is 27.0. The second-order valence-electron chi connectivity index (χ2n) is 7.06. The van der Waals surface area contributed by atoms with E-state index in [0.29, 0.717) is 18.8 Å². The molecule has 2 saturated heterocycles. The summed E-state index contributed by atoms with van der Waals surface area (Å²) in [6, 6.07) is 6.37. The van der Waals surface area contributed by atoms with Crippen molar-refractivity contribution in [1.82, 2.24) is 14.1 Å². The molecule has 3 rings (SSSR count). The van der Waals surface area contributed by atoms with Gasteiger partial charge in [-0.15, -0.1) is 0 Å². The number of anilines is 1. The van der Waals surface area contributed by atoms with Gasteiger partial charge in [0.25, 0.3) is 0 Å². The minimum absolute atomic E-state index is 0.110. The van der Waals surface area contributed by atoms with Gasteiger partial charge in [0.2, 0.25) is 10.0 Å². The van der Waals surface area contributed by atoms with E-state index >= 15 is 0 Å². The van der Waals surface area contributed by atoms with Crippen molar-refractivity contribution >= 4 is 21.7 Å². The first-order valence-corrected chi connectivity index (χ1v) is 10.8. The molecule has 0 bridgehead atoms. The Morgan fingerprint density at radius 2 is 1.46 bits per heavy atom. The monoisotopic (exact) mass is 380 g/mol. The summed E-state index contributed by atoms with van der Waals surface area (Å²) in [7, 11) is -1.48. The third kappa shape index (κ3) is 4.55. The molecule has 0 radical (unpaired) electrons. The molecule has 2 amide bonds. The van der Waals surface area contributed by atoms with E-state index in [0.717, 1.165) is 39.0 Å². The van der Waals surface area contributed by atoms with E-state index in [1.54, 1.807) is 24.3 Å². The first-order chi connectivity index (χ1) is 12.5. The SMILES string of the molecule is CN1CCN(S(=O)(=O)c2ccc(NC(=O)N3CCCCCC3)cc2)CC1. The van der Waals surface area contributed by atoms with Crippen molar-refractivity contribution in [3.8, 4) is 0 Å². The highest BCUT2D eigenvalue weighted by molar-refractivity contribution is 7.89. The molecule has 1 aromatic rings. The number of likely N-dealkylation sites (tertiary alicyclic amines) is 1. The summed E-state index contributed by atoms with van der Waals surface area (Å²) in [4.78, 5) is 16.6. The summed E-state index contributed by atoms with van der Waals surface area (Å²) in [5, 5.41) is 2.88. The molecule has 0 spiro atoms. The van der Waals surface area contributed by atoms with E-state index in [1.807, 2.05) is 11.9 Å². The predicted molar refractivity (Wildman–Crippen MR) is 102 cm³/mol. The molecule has 0 aliphatic carbocycles. The van der Waals surface area contributed by atoms with Crippen molar-refractivity contribution in [1.29, 1.82) is 0 Å². The maximum atomic E-state index is 12.7. The van der Waals surface area contributed by atoms with Gasteiger partial charge in [-0.3, -0.25) is 0 Å².